The third kappa shape index (κ3) is 3.61. The normalized spacial score (nSPS) is 15.4. The summed E-state index contributed by atoms with van der Waals surface area (Å²) in [5, 5.41) is 19.8. The summed E-state index contributed by atoms with van der Waals surface area (Å²) < 4.78 is 7.56. The second kappa shape index (κ2) is 8.56. The number of hydrogen-bond donors (Lipinski definition) is 0. The fourth-order valence-electron chi connectivity index (χ4n) is 4.58. The first-order valence-corrected chi connectivity index (χ1v) is 12.0. The van der Waals surface area contributed by atoms with Crippen LogP contribution in [0.1, 0.15) is 18.4 Å². The zero-order chi connectivity index (χ0) is 23.0. The molecular formula is C27H21N5OS. The van der Waals surface area contributed by atoms with Crippen LogP contribution in [0.2, 0.25) is 0 Å². The highest BCUT2D eigenvalue weighted by Gasteiger charge is 2.34. The molecule has 1 fully saturated rings. The van der Waals surface area contributed by atoms with Gasteiger partial charge in [0, 0.05) is 29.2 Å². The van der Waals surface area contributed by atoms with E-state index in [0.717, 1.165) is 56.3 Å². The van der Waals surface area contributed by atoms with Crippen LogP contribution in [0, 0.1) is 11.3 Å². The van der Waals surface area contributed by atoms with Gasteiger partial charge in [-0.3, -0.25) is 9.38 Å². The lowest BCUT2D eigenvalue weighted by Gasteiger charge is -2.31. The summed E-state index contributed by atoms with van der Waals surface area (Å²) in [6, 6.07) is 27.2. The Morgan fingerprint density at radius 3 is 2.62 bits per heavy atom. The van der Waals surface area contributed by atoms with Crippen LogP contribution in [0.5, 0.6) is 0 Å². The number of benzene rings is 2. The van der Waals surface area contributed by atoms with E-state index in [9.17, 15) is 5.26 Å². The van der Waals surface area contributed by atoms with Crippen molar-refractivity contribution in [3.8, 4) is 17.6 Å². The summed E-state index contributed by atoms with van der Waals surface area (Å²) in [5.41, 5.74) is 3.24. The first kappa shape index (κ1) is 20.8. The van der Waals surface area contributed by atoms with Gasteiger partial charge in [-0.15, -0.1) is 10.2 Å². The van der Waals surface area contributed by atoms with E-state index in [1.807, 2.05) is 30.3 Å². The second-order valence-corrected chi connectivity index (χ2v) is 9.57. The van der Waals surface area contributed by atoms with Crippen molar-refractivity contribution in [1.82, 2.24) is 19.6 Å². The van der Waals surface area contributed by atoms with E-state index in [2.05, 4.69) is 68.1 Å². The van der Waals surface area contributed by atoms with Gasteiger partial charge >= 0.3 is 0 Å². The SMILES string of the molecule is N#CC1(c2cccc(Sc3ccc4c(ccc5nnc(-c6ccccn6)n54)c3)c2)CCOCC1. The van der Waals surface area contributed by atoms with Crippen molar-refractivity contribution in [2.75, 3.05) is 13.2 Å². The van der Waals surface area contributed by atoms with Crippen molar-refractivity contribution >= 4 is 28.3 Å². The third-order valence-electron chi connectivity index (χ3n) is 6.42. The topological polar surface area (TPSA) is 76.1 Å². The molecule has 0 spiro atoms. The van der Waals surface area contributed by atoms with Gasteiger partial charge in [-0.25, -0.2) is 0 Å². The Hall–Kier alpha value is -3.73. The molecule has 0 radical (unpaired) electrons. The molecule has 0 amide bonds. The molecule has 6 rings (SSSR count). The van der Waals surface area contributed by atoms with Gasteiger partial charge in [0.2, 0.25) is 0 Å². The number of ether oxygens (including phenoxy) is 1. The van der Waals surface area contributed by atoms with Crippen LogP contribution in [-0.2, 0) is 10.2 Å². The maximum absolute atomic E-state index is 9.94. The fourth-order valence-corrected chi connectivity index (χ4v) is 5.51. The van der Waals surface area contributed by atoms with Gasteiger partial charge in [0.05, 0.1) is 17.0 Å². The maximum Gasteiger partial charge on any atom is 0.187 e. The molecular weight excluding hydrogens is 442 g/mol. The second-order valence-electron chi connectivity index (χ2n) is 8.42. The Bertz CT molecular complexity index is 1530. The average Bonchev–Trinajstić information content (AvgIpc) is 3.34. The molecule has 3 aromatic heterocycles. The molecule has 1 saturated heterocycles. The molecule has 7 heteroatoms. The Morgan fingerprint density at radius 2 is 1.79 bits per heavy atom. The number of fused-ring (bicyclic) bond motifs is 3. The largest absolute Gasteiger partial charge is 0.381 e. The van der Waals surface area contributed by atoms with Crippen LogP contribution in [0.3, 0.4) is 0 Å². The van der Waals surface area contributed by atoms with Gasteiger partial charge < -0.3 is 4.74 Å². The zero-order valence-corrected chi connectivity index (χ0v) is 19.2. The average molecular weight is 464 g/mol. The summed E-state index contributed by atoms with van der Waals surface area (Å²) in [6.45, 7) is 1.27. The summed E-state index contributed by atoms with van der Waals surface area (Å²) in [7, 11) is 0. The van der Waals surface area contributed by atoms with Crippen molar-refractivity contribution in [3.63, 3.8) is 0 Å². The van der Waals surface area contributed by atoms with Crippen molar-refractivity contribution in [2.45, 2.75) is 28.0 Å². The maximum atomic E-state index is 9.94. The first-order valence-electron chi connectivity index (χ1n) is 11.2. The molecule has 5 aromatic rings. The molecule has 1 aliphatic heterocycles. The number of aromatic nitrogens is 4. The third-order valence-corrected chi connectivity index (χ3v) is 7.40. The van der Waals surface area contributed by atoms with Gasteiger partial charge in [-0.2, -0.15) is 5.26 Å². The number of nitrogens with zero attached hydrogens (tertiary/aromatic N) is 5. The molecule has 34 heavy (non-hydrogen) atoms. The number of pyridine rings is 2. The van der Waals surface area contributed by atoms with E-state index in [0.29, 0.717) is 13.2 Å². The van der Waals surface area contributed by atoms with E-state index in [-0.39, 0.29) is 0 Å². The van der Waals surface area contributed by atoms with Crippen molar-refractivity contribution in [2.24, 2.45) is 0 Å². The van der Waals surface area contributed by atoms with E-state index in [4.69, 9.17) is 4.74 Å². The van der Waals surface area contributed by atoms with E-state index < -0.39 is 5.41 Å². The highest BCUT2D eigenvalue weighted by Crippen LogP contribution is 2.38. The van der Waals surface area contributed by atoms with Gasteiger partial charge in [0.25, 0.3) is 0 Å². The summed E-state index contributed by atoms with van der Waals surface area (Å²) >= 11 is 1.70. The minimum atomic E-state index is -0.458. The van der Waals surface area contributed by atoms with Crippen LogP contribution in [0.4, 0.5) is 0 Å². The highest BCUT2D eigenvalue weighted by molar-refractivity contribution is 7.99. The monoisotopic (exact) mass is 463 g/mol. The van der Waals surface area contributed by atoms with Crippen LogP contribution in [-0.4, -0.2) is 32.8 Å². The summed E-state index contributed by atoms with van der Waals surface area (Å²) in [6.07, 6.45) is 3.24. The molecule has 0 N–H and O–H groups in total. The molecule has 0 saturated carbocycles. The van der Waals surface area contributed by atoms with Crippen LogP contribution in [0.15, 0.2) is 88.8 Å². The van der Waals surface area contributed by atoms with E-state index >= 15 is 0 Å². The van der Waals surface area contributed by atoms with Crippen LogP contribution in [0.25, 0.3) is 28.1 Å². The Morgan fingerprint density at radius 1 is 0.912 bits per heavy atom. The molecule has 166 valence electrons. The Kier molecular flexibility index (Phi) is 5.25. The minimum Gasteiger partial charge on any atom is -0.381 e. The first-order chi connectivity index (χ1) is 16.8. The summed E-state index contributed by atoms with van der Waals surface area (Å²) in [5.74, 6) is 0.729. The molecule has 4 heterocycles. The minimum absolute atomic E-state index is 0.458. The Labute approximate surface area is 201 Å². The number of rotatable bonds is 4. The fraction of sp³-hybridized carbons (Fsp3) is 0.185. The van der Waals surface area contributed by atoms with Gasteiger partial charge in [0.1, 0.15) is 5.69 Å². The predicted octanol–water partition coefficient (Wildman–Crippen LogP) is 5.67. The van der Waals surface area contributed by atoms with E-state index in [1.54, 1.807) is 18.0 Å². The molecule has 6 nitrogen and oxygen atoms in total. The quantitative estimate of drug-likeness (QED) is 0.342. The van der Waals surface area contributed by atoms with Gasteiger partial charge in [0.15, 0.2) is 11.5 Å². The standard InChI is InChI=1S/C27H21N5OS/c28-18-27(11-14-33-15-12-27)20-4-3-5-21(17-20)34-22-8-9-24-19(16-22)7-10-25-30-31-26(32(24)25)23-6-1-2-13-29-23/h1-10,13,16-17H,11-12,14-15H2. The van der Waals surface area contributed by atoms with E-state index in [1.165, 1.54) is 0 Å². The Balaban J connectivity index is 1.36. The molecule has 1 aliphatic rings. The van der Waals surface area contributed by atoms with Crippen molar-refractivity contribution in [1.29, 1.82) is 5.26 Å². The highest BCUT2D eigenvalue weighted by atomic mass is 32.2. The molecule has 2 aromatic carbocycles. The van der Waals surface area contributed by atoms with Gasteiger partial charge in [-0.1, -0.05) is 30.0 Å². The van der Waals surface area contributed by atoms with Gasteiger partial charge in [-0.05, 0) is 78.4 Å². The van der Waals surface area contributed by atoms with Crippen LogP contribution >= 0.6 is 11.8 Å². The molecule has 0 aliphatic carbocycles. The summed E-state index contributed by atoms with van der Waals surface area (Å²) in [4.78, 5) is 6.71. The van der Waals surface area contributed by atoms with Crippen molar-refractivity contribution in [3.05, 3.63) is 84.6 Å². The molecule has 0 bridgehead atoms. The zero-order valence-electron chi connectivity index (χ0n) is 18.4. The number of hydrogen-bond acceptors (Lipinski definition) is 6. The lowest BCUT2D eigenvalue weighted by molar-refractivity contribution is 0.0675. The smallest absolute Gasteiger partial charge is 0.187 e. The van der Waals surface area contributed by atoms with Crippen LogP contribution < -0.4 is 0 Å². The van der Waals surface area contributed by atoms with Crippen molar-refractivity contribution < 1.29 is 4.74 Å². The number of nitriles is 1. The molecule has 0 atom stereocenters. The lowest BCUT2D eigenvalue weighted by Crippen LogP contribution is -2.32. The molecule has 0 unspecified atom stereocenters. The predicted molar refractivity (Wildman–Crippen MR) is 132 cm³/mol. The lowest BCUT2D eigenvalue weighted by atomic mass is 9.75.